The molecule has 4 heterocycles. The van der Waals surface area contributed by atoms with Crippen molar-refractivity contribution in [2.24, 2.45) is 0 Å². The van der Waals surface area contributed by atoms with Crippen LogP contribution in [0.5, 0.6) is 5.75 Å². The maximum atomic E-state index is 13.6. The van der Waals surface area contributed by atoms with Crippen molar-refractivity contribution in [2.75, 3.05) is 13.1 Å². The van der Waals surface area contributed by atoms with E-state index < -0.39 is 12.5 Å². The van der Waals surface area contributed by atoms with E-state index >= 15 is 0 Å². The number of alkyl halides is 2. The van der Waals surface area contributed by atoms with Gasteiger partial charge >= 0.3 is 6.61 Å². The van der Waals surface area contributed by atoms with Gasteiger partial charge in [-0.15, -0.1) is 0 Å². The lowest BCUT2D eigenvalue weighted by Crippen LogP contribution is -2.51. The molecule has 1 aromatic carbocycles. The summed E-state index contributed by atoms with van der Waals surface area (Å²) in [6, 6.07) is 13.4. The van der Waals surface area contributed by atoms with Crippen molar-refractivity contribution in [3.8, 4) is 5.75 Å². The van der Waals surface area contributed by atoms with Gasteiger partial charge in [-0.1, -0.05) is 41.9 Å². The van der Waals surface area contributed by atoms with Gasteiger partial charge in [0.05, 0.1) is 10.6 Å². The summed E-state index contributed by atoms with van der Waals surface area (Å²) in [5, 5.41) is 3.31. The average molecular weight is 540 g/mol. The first-order valence-electron chi connectivity index (χ1n) is 12.0. The van der Waals surface area contributed by atoms with Gasteiger partial charge in [-0.2, -0.15) is 8.78 Å². The Morgan fingerprint density at radius 1 is 1.16 bits per heavy atom. The minimum Gasteiger partial charge on any atom is -0.432 e. The molecule has 196 valence electrons. The van der Waals surface area contributed by atoms with E-state index in [0.717, 1.165) is 11.3 Å². The number of carbonyl (C=O) groups is 2. The van der Waals surface area contributed by atoms with Gasteiger partial charge in [0.15, 0.2) is 17.1 Å². The lowest BCUT2D eigenvalue weighted by atomic mass is 9.85. The van der Waals surface area contributed by atoms with Gasteiger partial charge in [0.2, 0.25) is 0 Å². The predicted octanol–water partition coefficient (Wildman–Crippen LogP) is 4.72. The highest BCUT2D eigenvalue weighted by molar-refractivity contribution is 6.33. The SMILES string of the molecule is Cc1cnc2c(Cl)cc(C(=O)N3CC[C@@H](NC(=O)c4ncccc4OC(F)F)[C@@H](c4ccccc4)C3)cn12. The highest BCUT2D eigenvalue weighted by atomic mass is 35.5. The summed E-state index contributed by atoms with van der Waals surface area (Å²) in [5.74, 6) is -1.37. The molecule has 4 aromatic rings. The molecule has 8 nitrogen and oxygen atoms in total. The molecule has 1 aliphatic rings. The van der Waals surface area contributed by atoms with Crippen LogP contribution in [0.15, 0.2) is 67.1 Å². The smallest absolute Gasteiger partial charge is 0.387 e. The summed E-state index contributed by atoms with van der Waals surface area (Å²) in [6.45, 7) is -0.511. The molecule has 0 bridgehead atoms. The number of aromatic nitrogens is 3. The molecule has 38 heavy (non-hydrogen) atoms. The second-order valence-electron chi connectivity index (χ2n) is 9.04. The van der Waals surface area contributed by atoms with E-state index in [4.69, 9.17) is 11.6 Å². The number of imidazole rings is 1. The number of hydrogen-bond acceptors (Lipinski definition) is 5. The van der Waals surface area contributed by atoms with E-state index in [2.05, 4.69) is 20.0 Å². The summed E-state index contributed by atoms with van der Waals surface area (Å²) in [5.41, 5.74) is 2.56. The molecular formula is C27H24ClF2N5O3. The standard InChI is InChI=1S/C27H24ClF2N5O3/c1-16-13-32-24-20(28)12-18(14-35(16)24)26(37)34-11-9-21(19(15-34)17-6-3-2-4-7-17)33-25(36)23-22(38-27(29)30)8-5-10-31-23/h2-8,10,12-14,19,21,27H,9,11,15H2,1H3,(H,33,36)/t19-,21-/m1/s1. The Morgan fingerprint density at radius 3 is 2.71 bits per heavy atom. The Morgan fingerprint density at radius 2 is 1.95 bits per heavy atom. The van der Waals surface area contributed by atoms with Gasteiger partial charge in [0, 0.05) is 49.3 Å². The molecule has 2 atom stereocenters. The van der Waals surface area contributed by atoms with Gasteiger partial charge < -0.3 is 19.4 Å². The number of amides is 2. The Hall–Kier alpha value is -4.05. The third-order valence-corrected chi connectivity index (χ3v) is 6.92. The predicted molar refractivity (Wildman–Crippen MR) is 137 cm³/mol. The number of rotatable bonds is 6. The molecule has 11 heteroatoms. The van der Waals surface area contributed by atoms with Crippen LogP contribution in [0, 0.1) is 6.92 Å². The van der Waals surface area contributed by atoms with Crippen molar-refractivity contribution >= 4 is 29.1 Å². The molecule has 2 amide bonds. The van der Waals surface area contributed by atoms with E-state index in [9.17, 15) is 18.4 Å². The van der Waals surface area contributed by atoms with Crippen LogP contribution in [0.2, 0.25) is 5.02 Å². The normalized spacial score (nSPS) is 17.6. The van der Waals surface area contributed by atoms with Crippen LogP contribution in [-0.2, 0) is 0 Å². The molecule has 1 fully saturated rings. The summed E-state index contributed by atoms with van der Waals surface area (Å²) < 4.78 is 32.0. The quantitative estimate of drug-likeness (QED) is 0.383. The molecule has 0 radical (unpaired) electrons. The first-order valence-corrected chi connectivity index (χ1v) is 12.4. The number of benzene rings is 1. The van der Waals surface area contributed by atoms with Gasteiger partial charge in [-0.3, -0.25) is 9.59 Å². The van der Waals surface area contributed by atoms with Gasteiger partial charge in [0.25, 0.3) is 11.8 Å². The number of likely N-dealkylation sites (tertiary alicyclic amines) is 1. The molecule has 5 rings (SSSR count). The number of piperidine rings is 1. The number of nitrogens with zero attached hydrogens (tertiary/aromatic N) is 4. The minimum absolute atomic E-state index is 0.190. The number of ether oxygens (including phenoxy) is 1. The fourth-order valence-corrected chi connectivity index (χ4v) is 5.06. The van der Waals surface area contributed by atoms with Crippen LogP contribution in [-0.4, -0.2) is 56.8 Å². The molecule has 0 aliphatic carbocycles. The molecule has 1 saturated heterocycles. The largest absolute Gasteiger partial charge is 0.432 e. The monoisotopic (exact) mass is 539 g/mol. The van der Waals surface area contributed by atoms with Crippen molar-refractivity contribution in [2.45, 2.75) is 31.9 Å². The van der Waals surface area contributed by atoms with Gasteiger partial charge in [0.1, 0.15) is 0 Å². The highest BCUT2D eigenvalue weighted by Gasteiger charge is 2.35. The number of aryl methyl sites for hydroxylation is 1. The second-order valence-corrected chi connectivity index (χ2v) is 9.44. The van der Waals surface area contributed by atoms with Crippen molar-refractivity contribution in [1.82, 2.24) is 24.6 Å². The molecule has 0 unspecified atom stereocenters. The number of nitrogens with one attached hydrogen (secondary N) is 1. The zero-order valence-electron chi connectivity index (χ0n) is 20.4. The van der Waals surface area contributed by atoms with Gasteiger partial charge in [-0.05, 0) is 37.1 Å². The van der Waals surface area contributed by atoms with Crippen molar-refractivity contribution in [3.05, 3.63) is 94.7 Å². The zero-order valence-corrected chi connectivity index (χ0v) is 21.1. The zero-order chi connectivity index (χ0) is 26.8. The van der Waals surface area contributed by atoms with Crippen molar-refractivity contribution in [1.29, 1.82) is 0 Å². The van der Waals surface area contributed by atoms with E-state index in [1.807, 2.05) is 37.3 Å². The highest BCUT2D eigenvalue weighted by Crippen LogP contribution is 2.30. The summed E-state index contributed by atoms with van der Waals surface area (Å²) >= 11 is 6.40. The Balaban J connectivity index is 1.40. The van der Waals surface area contributed by atoms with E-state index in [1.165, 1.54) is 18.3 Å². The van der Waals surface area contributed by atoms with E-state index in [-0.39, 0.29) is 29.3 Å². The summed E-state index contributed by atoms with van der Waals surface area (Å²) in [7, 11) is 0. The molecule has 0 spiro atoms. The first kappa shape index (κ1) is 25.6. The van der Waals surface area contributed by atoms with Crippen molar-refractivity contribution < 1.29 is 23.1 Å². The van der Waals surface area contributed by atoms with E-state index in [1.54, 1.807) is 27.8 Å². The maximum Gasteiger partial charge on any atom is 0.387 e. The van der Waals surface area contributed by atoms with Crippen LogP contribution in [0.25, 0.3) is 5.65 Å². The first-order chi connectivity index (χ1) is 18.3. The molecule has 1 aliphatic heterocycles. The van der Waals surface area contributed by atoms with Gasteiger partial charge in [-0.25, -0.2) is 9.97 Å². The van der Waals surface area contributed by atoms with Crippen LogP contribution < -0.4 is 10.1 Å². The van der Waals surface area contributed by atoms with Crippen LogP contribution in [0.3, 0.4) is 0 Å². The molecular weight excluding hydrogens is 516 g/mol. The maximum absolute atomic E-state index is 13.6. The van der Waals surface area contributed by atoms with Crippen LogP contribution in [0.4, 0.5) is 8.78 Å². The number of hydrogen-bond donors (Lipinski definition) is 1. The minimum atomic E-state index is -3.09. The number of pyridine rings is 2. The topological polar surface area (TPSA) is 88.8 Å². The molecule has 3 aromatic heterocycles. The number of fused-ring (bicyclic) bond motifs is 1. The third kappa shape index (κ3) is 5.17. The average Bonchev–Trinajstić information content (AvgIpc) is 3.30. The van der Waals surface area contributed by atoms with Crippen LogP contribution in [0.1, 0.15) is 44.4 Å². The fraction of sp³-hybridized carbons (Fsp3) is 0.259. The summed E-state index contributed by atoms with van der Waals surface area (Å²) in [4.78, 5) is 36.6. The lowest BCUT2D eigenvalue weighted by Gasteiger charge is -2.39. The van der Waals surface area contributed by atoms with Crippen molar-refractivity contribution in [3.63, 3.8) is 0 Å². The summed E-state index contributed by atoms with van der Waals surface area (Å²) in [6.07, 6.45) is 5.19. The van der Waals surface area contributed by atoms with Crippen LogP contribution >= 0.6 is 11.6 Å². The fourth-order valence-electron chi connectivity index (χ4n) is 4.80. The number of carbonyl (C=O) groups excluding carboxylic acids is 2. The number of halogens is 3. The molecule has 1 N–H and O–H groups in total. The lowest BCUT2D eigenvalue weighted by molar-refractivity contribution is -0.0504. The Labute approximate surface area is 222 Å². The Bertz CT molecular complexity index is 1480. The Kier molecular flexibility index (Phi) is 7.24. The third-order valence-electron chi connectivity index (χ3n) is 6.64. The van der Waals surface area contributed by atoms with E-state index in [0.29, 0.717) is 35.7 Å². The molecule has 0 saturated carbocycles. The second kappa shape index (κ2) is 10.7.